The van der Waals surface area contributed by atoms with E-state index in [2.05, 4.69) is 0 Å². The summed E-state index contributed by atoms with van der Waals surface area (Å²) in [6, 6.07) is 0. The topological polar surface area (TPSA) is 60.9 Å². The van der Waals surface area contributed by atoms with Gasteiger partial charge >= 0.3 is 0 Å². The summed E-state index contributed by atoms with van der Waals surface area (Å²) >= 11 is 0. The van der Waals surface area contributed by atoms with Crippen molar-refractivity contribution in [2.24, 2.45) is 5.92 Å². The minimum absolute atomic E-state index is 0.0893. The average Bonchev–Trinajstić information content (AvgIpc) is 2.64. The molecule has 0 radical (unpaired) electrons. The first-order valence-electron chi connectivity index (χ1n) is 6.50. The van der Waals surface area contributed by atoms with E-state index in [0.717, 1.165) is 32.1 Å². The molecule has 0 aliphatic carbocycles. The van der Waals surface area contributed by atoms with Crippen LogP contribution < -0.4 is 0 Å². The Hall–Kier alpha value is -0.170. The lowest BCUT2D eigenvalue weighted by molar-refractivity contribution is 0.232. The van der Waals surface area contributed by atoms with Crippen molar-refractivity contribution in [1.82, 2.24) is 8.61 Å². The fourth-order valence-corrected chi connectivity index (χ4v) is 4.37. The predicted molar refractivity (Wildman–Crippen MR) is 65.7 cm³/mol. The molecule has 0 spiro atoms. The molecule has 0 bridgehead atoms. The van der Waals surface area contributed by atoms with E-state index in [4.69, 9.17) is 5.11 Å². The van der Waals surface area contributed by atoms with Crippen molar-refractivity contribution in [1.29, 1.82) is 0 Å². The van der Waals surface area contributed by atoms with Gasteiger partial charge in [0.2, 0.25) is 0 Å². The van der Waals surface area contributed by atoms with Crippen LogP contribution in [0.5, 0.6) is 0 Å². The Kier molecular flexibility index (Phi) is 4.41. The molecule has 0 saturated carbocycles. The van der Waals surface area contributed by atoms with Crippen LogP contribution in [0.25, 0.3) is 0 Å². The van der Waals surface area contributed by atoms with Crippen LogP contribution in [0.4, 0.5) is 0 Å². The monoisotopic (exact) mass is 262 g/mol. The summed E-state index contributed by atoms with van der Waals surface area (Å²) in [4.78, 5) is 0. The van der Waals surface area contributed by atoms with E-state index in [0.29, 0.717) is 26.2 Å². The van der Waals surface area contributed by atoms with Gasteiger partial charge < -0.3 is 5.11 Å². The molecule has 0 aromatic carbocycles. The molecule has 2 aliphatic heterocycles. The summed E-state index contributed by atoms with van der Waals surface area (Å²) in [6.45, 7) is 2.44. The van der Waals surface area contributed by atoms with Gasteiger partial charge in [0.25, 0.3) is 10.2 Å². The van der Waals surface area contributed by atoms with Gasteiger partial charge in [0.1, 0.15) is 0 Å². The highest BCUT2D eigenvalue weighted by Crippen LogP contribution is 2.23. The molecule has 0 amide bonds. The normalized spacial score (nSPS) is 29.4. The maximum Gasteiger partial charge on any atom is 0.281 e. The Morgan fingerprint density at radius 3 is 2.18 bits per heavy atom. The third-order valence-corrected chi connectivity index (χ3v) is 5.73. The molecule has 0 unspecified atom stereocenters. The second kappa shape index (κ2) is 5.65. The van der Waals surface area contributed by atoms with Gasteiger partial charge in [-0.05, 0) is 25.2 Å². The quantitative estimate of drug-likeness (QED) is 0.802. The predicted octanol–water partition coefficient (Wildman–Crippen LogP) is 0.421. The van der Waals surface area contributed by atoms with Crippen molar-refractivity contribution in [2.45, 2.75) is 32.1 Å². The zero-order chi connectivity index (χ0) is 12.3. The minimum atomic E-state index is -3.27. The van der Waals surface area contributed by atoms with Crippen LogP contribution in [0.3, 0.4) is 0 Å². The number of hydrogen-bond acceptors (Lipinski definition) is 3. The van der Waals surface area contributed by atoms with Crippen LogP contribution in [0, 0.1) is 5.92 Å². The lowest BCUT2D eigenvalue weighted by Gasteiger charge is -2.26. The van der Waals surface area contributed by atoms with Crippen LogP contribution in [0.2, 0.25) is 0 Å². The van der Waals surface area contributed by atoms with Gasteiger partial charge in [-0.3, -0.25) is 0 Å². The van der Waals surface area contributed by atoms with Gasteiger partial charge in [-0.15, -0.1) is 0 Å². The fraction of sp³-hybridized carbons (Fsp3) is 1.00. The lowest BCUT2D eigenvalue weighted by atomic mass is 10.1. The summed E-state index contributed by atoms with van der Waals surface area (Å²) in [5.74, 6) is 0.122. The molecule has 5 nitrogen and oxygen atoms in total. The van der Waals surface area contributed by atoms with Crippen molar-refractivity contribution < 1.29 is 13.5 Å². The van der Waals surface area contributed by atoms with Crippen LogP contribution in [0.1, 0.15) is 32.1 Å². The van der Waals surface area contributed by atoms with Gasteiger partial charge in [-0.1, -0.05) is 12.8 Å². The highest BCUT2D eigenvalue weighted by molar-refractivity contribution is 7.86. The van der Waals surface area contributed by atoms with Crippen LogP contribution in [-0.4, -0.2) is 54.9 Å². The third-order valence-electron chi connectivity index (χ3n) is 3.72. The molecule has 2 aliphatic rings. The van der Waals surface area contributed by atoms with Gasteiger partial charge in [0, 0.05) is 32.8 Å². The Bertz CT molecular complexity index is 337. The second-order valence-corrected chi connectivity index (χ2v) is 6.94. The first-order valence-corrected chi connectivity index (χ1v) is 7.90. The Morgan fingerprint density at radius 1 is 1.00 bits per heavy atom. The van der Waals surface area contributed by atoms with Crippen molar-refractivity contribution in [2.75, 3.05) is 32.8 Å². The molecule has 2 fully saturated rings. The molecule has 100 valence electrons. The van der Waals surface area contributed by atoms with E-state index in [1.165, 1.54) is 0 Å². The summed E-state index contributed by atoms with van der Waals surface area (Å²) < 4.78 is 27.9. The molecule has 2 heterocycles. The number of aliphatic hydroxyl groups is 1. The van der Waals surface area contributed by atoms with Crippen molar-refractivity contribution in [3.63, 3.8) is 0 Å². The van der Waals surface area contributed by atoms with Crippen LogP contribution >= 0.6 is 0 Å². The van der Waals surface area contributed by atoms with Gasteiger partial charge in [0.15, 0.2) is 0 Å². The zero-order valence-electron chi connectivity index (χ0n) is 10.2. The molecule has 2 rings (SSSR count). The van der Waals surface area contributed by atoms with Crippen LogP contribution in [0.15, 0.2) is 0 Å². The highest BCUT2D eigenvalue weighted by Gasteiger charge is 2.35. The van der Waals surface area contributed by atoms with E-state index in [-0.39, 0.29) is 12.5 Å². The molecule has 0 aromatic rings. The van der Waals surface area contributed by atoms with E-state index >= 15 is 0 Å². The number of hydrogen-bond donors (Lipinski definition) is 1. The minimum Gasteiger partial charge on any atom is -0.396 e. The Morgan fingerprint density at radius 2 is 1.65 bits per heavy atom. The Balaban J connectivity index is 2.02. The number of rotatable bonds is 3. The van der Waals surface area contributed by atoms with E-state index in [1.807, 2.05) is 0 Å². The van der Waals surface area contributed by atoms with Crippen LogP contribution in [-0.2, 0) is 10.2 Å². The van der Waals surface area contributed by atoms with E-state index < -0.39 is 10.2 Å². The smallest absolute Gasteiger partial charge is 0.281 e. The molecule has 17 heavy (non-hydrogen) atoms. The second-order valence-electron chi connectivity index (χ2n) is 5.02. The molecule has 1 atom stereocenters. The molecule has 1 N–H and O–H groups in total. The highest BCUT2D eigenvalue weighted by atomic mass is 32.2. The number of aliphatic hydroxyl groups excluding tert-OH is 1. The standard InChI is InChI=1S/C11H22N2O3S/c14-10-11-5-8-13(9-11)17(15,16)12-6-3-1-2-4-7-12/h11,14H,1-10H2/t11-/m0/s1. The van der Waals surface area contributed by atoms with Crippen molar-refractivity contribution in [3.05, 3.63) is 0 Å². The molecule has 0 aromatic heterocycles. The SMILES string of the molecule is O=S(=O)(N1CCCCCC1)N1CC[C@H](CO)C1. The Labute approximate surface area is 104 Å². The molecule has 6 heteroatoms. The summed E-state index contributed by atoms with van der Waals surface area (Å²) in [6.07, 6.45) is 4.98. The summed E-state index contributed by atoms with van der Waals surface area (Å²) in [5.41, 5.74) is 0. The summed E-state index contributed by atoms with van der Waals surface area (Å²) in [5, 5.41) is 9.07. The van der Waals surface area contributed by atoms with Gasteiger partial charge in [0.05, 0.1) is 0 Å². The number of nitrogens with zero attached hydrogens (tertiary/aromatic N) is 2. The summed E-state index contributed by atoms with van der Waals surface area (Å²) in [7, 11) is -3.27. The molecular weight excluding hydrogens is 240 g/mol. The fourth-order valence-electron chi connectivity index (χ4n) is 2.59. The third kappa shape index (κ3) is 2.99. The first-order chi connectivity index (χ1) is 8.14. The largest absolute Gasteiger partial charge is 0.396 e. The average molecular weight is 262 g/mol. The zero-order valence-corrected chi connectivity index (χ0v) is 11.0. The van der Waals surface area contributed by atoms with Gasteiger partial charge in [-0.25, -0.2) is 0 Å². The first kappa shape index (κ1) is 13.3. The maximum atomic E-state index is 12.4. The van der Waals surface area contributed by atoms with E-state index in [1.54, 1.807) is 8.61 Å². The maximum absolute atomic E-state index is 12.4. The van der Waals surface area contributed by atoms with Crippen molar-refractivity contribution in [3.8, 4) is 0 Å². The van der Waals surface area contributed by atoms with Gasteiger partial charge in [-0.2, -0.15) is 17.0 Å². The van der Waals surface area contributed by atoms with Crippen molar-refractivity contribution >= 4 is 10.2 Å². The molecule has 2 saturated heterocycles. The molecular formula is C11H22N2O3S. The van der Waals surface area contributed by atoms with E-state index in [9.17, 15) is 8.42 Å². The lowest BCUT2D eigenvalue weighted by Crippen LogP contribution is -2.43.